The Bertz CT molecular complexity index is 955. The van der Waals surface area contributed by atoms with Gasteiger partial charge in [0.2, 0.25) is 5.78 Å². The first-order valence-electron chi connectivity index (χ1n) is 8.03. The summed E-state index contributed by atoms with van der Waals surface area (Å²) in [6.45, 7) is 0. The van der Waals surface area contributed by atoms with Gasteiger partial charge in [-0.2, -0.15) is 0 Å². The Morgan fingerprint density at radius 1 is 1.07 bits per heavy atom. The van der Waals surface area contributed by atoms with E-state index in [1.165, 1.54) is 12.5 Å². The van der Waals surface area contributed by atoms with Gasteiger partial charge in [-0.1, -0.05) is 6.07 Å². The summed E-state index contributed by atoms with van der Waals surface area (Å²) in [4.78, 5) is 48.3. The number of nitrogens with zero attached hydrogens (tertiary/aromatic N) is 4. The van der Waals surface area contributed by atoms with Crippen LogP contribution in [0.5, 0.6) is 0 Å². The van der Waals surface area contributed by atoms with Crippen molar-refractivity contribution in [1.82, 2.24) is 24.8 Å². The number of primary amides is 1. The molecule has 0 aliphatic heterocycles. The molecule has 1 unspecified atom stereocenters. The van der Waals surface area contributed by atoms with Gasteiger partial charge in [0, 0.05) is 30.7 Å². The lowest BCUT2D eigenvalue weighted by molar-refractivity contribution is -0.137. The zero-order valence-corrected chi connectivity index (χ0v) is 14.1. The predicted octanol–water partition coefficient (Wildman–Crippen LogP) is 0.0578. The number of rotatable bonds is 7. The third-order valence-electron chi connectivity index (χ3n) is 3.82. The third kappa shape index (κ3) is 4.21. The molecule has 0 aliphatic carbocycles. The normalized spacial score (nSPS) is 11.6. The van der Waals surface area contributed by atoms with Crippen LogP contribution in [0.3, 0.4) is 0 Å². The number of pyridine rings is 2. The van der Waals surface area contributed by atoms with Crippen LogP contribution >= 0.6 is 0 Å². The first-order valence-corrected chi connectivity index (χ1v) is 8.03. The number of Topliss-reactive ketones (excluding diaryl/α,β-unsaturated/α-hetero) is 1. The Balaban J connectivity index is 1.84. The molecule has 0 radical (unpaired) electrons. The van der Waals surface area contributed by atoms with Gasteiger partial charge in [-0.15, -0.1) is 0 Å². The Morgan fingerprint density at radius 3 is 2.52 bits per heavy atom. The number of hydrogen-bond donors (Lipinski definition) is 2. The molecule has 0 aliphatic rings. The van der Waals surface area contributed by atoms with Crippen LogP contribution in [0.15, 0.2) is 61.4 Å². The Labute approximate surface area is 154 Å². The van der Waals surface area contributed by atoms with Crippen LogP contribution in [0.1, 0.15) is 16.2 Å². The Hall–Kier alpha value is -3.88. The molecule has 0 spiro atoms. The molecule has 3 rings (SSSR count). The predicted molar refractivity (Wildman–Crippen MR) is 94.8 cm³/mol. The maximum atomic E-state index is 12.7. The lowest BCUT2D eigenvalue weighted by Gasteiger charge is -2.16. The SMILES string of the molecule is NC(=O)C(=O)C(Cc1ccccn1)NC(=O)c1cncn1-c1ccncc1. The smallest absolute Gasteiger partial charge is 0.287 e. The third-order valence-corrected chi connectivity index (χ3v) is 3.82. The van der Waals surface area contributed by atoms with Crippen LogP contribution in [0.25, 0.3) is 5.69 Å². The van der Waals surface area contributed by atoms with Crippen molar-refractivity contribution in [2.45, 2.75) is 12.5 Å². The summed E-state index contributed by atoms with van der Waals surface area (Å²) < 4.78 is 1.55. The van der Waals surface area contributed by atoms with Crippen LogP contribution in [0.4, 0.5) is 0 Å². The van der Waals surface area contributed by atoms with Crippen molar-refractivity contribution in [2.24, 2.45) is 5.73 Å². The van der Waals surface area contributed by atoms with Gasteiger partial charge in [-0.3, -0.25) is 28.9 Å². The van der Waals surface area contributed by atoms with Crippen LogP contribution in [-0.4, -0.2) is 43.2 Å². The monoisotopic (exact) mass is 364 g/mol. The van der Waals surface area contributed by atoms with E-state index in [0.29, 0.717) is 11.4 Å². The van der Waals surface area contributed by atoms with Gasteiger partial charge in [0.05, 0.1) is 18.2 Å². The second kappa shape index (κ2) is 8.00. The van der Waals surface area contributed by atoms with Crippen molar-refractivity contribution >= 4 is 17.6 Å². The molecule has 0 bridgehead atoms. The van der Waals surface area contributed by atoms with E-state index in [-0.39, 0.29) is 12.1 Å². The number of ketones is 1. The number of nitrogens with two attached hydrogens (primary N) is 1. The molecule has 27 heavy (non-hydrogen) atoms. The Kier molecular flexibility index (Phi) is 5.31. The molecule has 1 atom stereocenters. The summed E-state index contributed by atoms with van der Waals surface area (Å²) >= 11 is 0. The van der Waals surface area contributed by atoms with Crippen molar-refractivity contribution in [3.05, 3.63) is 72.8 Å². The summed E-state index contributed by atoms with van der Waals surface area (Å²) in [5.74, 6) is -2.59. The highest BCUT2D eigenvalue weighted by atomic mass is 16.2. The van der Waals surface area contributed by atoms with Gasteiger partial charge in [-0.25, -0.2) is 4.98 Å². The number of aromatic nitrogens is 4. The summed E-state index contributed by atoms with van der Waals surface area (Å²) in [7, 11) is 0. The largest absolute Gasteiger partial charge is 0.363 e. The van der Waals surface area contributed by atoms with E-state index in [0.717, 1.165) is 0 Å². The number of carbonyl (C=O) groups is 3. The quantitative estimate of drug-likeness (QED) is 0.570. The highest BCUT2D eigenvalue weighted by Crippen LogP contribution is 2.11. The van der Waals surface area contributed by atoms with E-state index in [1.807, 2.05) is 0 Å². The molecule has 3 aromatic heterocycles. The fraction of sp³-hybridized carbons (Fsp3) is 0.111. The molecule has 9 nitrogen and oxygen atoms in total. The second-order valence-electron chi connectivity index (χ2n) is 5.63. The fourth-order valence-electron chi connectivity index (χ4n) is 2.51. The van der Waals surface area contributed by atoms with Gasteiger partial charge in [0.1, 0.15) is 11.7 Å². The summed E-state index contributed by atoms with van der Waals surface area (Å²) in [6, 6.07) is 7.44. The van der Waals surface area contributed by atoms with Gasteiger partial charge >= 0.3 is 0 Å². The first kappa shape index (κ1) is 17.9. The highest BCUT2D eigenvalue weighted by molar-refractivity contribution is 6.38. The molecule has 136 valence electrons. The highest BCUT2D eigenvalue weighted by Gasteiger charge is 2.27. The minimum atomic E-state index is -1.13. The number of carbonyl (C=O) groups excluding carboxylic acids is 3. The maximum absolute atomic E-state index is 12.7. The molecule has 0 aromatic carbocycles. The van der Waals surface area contributed by atoms with E-state index in [2.05, 4.69) is 20.3 Å². The van der Waals surface area contributed by atoms with Crippen molar-refractivity contribution in [3.63, 3.8) is 0 Å². The first-order chi connectivity index (χ1) is 13.1. The standard InChI is InChI=1S/C18H16N6O3/c19-17(26)16(25)14(9-12-3-1-2-6-22-12)23-18(27)15-10-21-11-24(15)13-4-7-20-8-5-13/h1-8,10-11,14H,9H2,(H2,19,26)(H,23,27). The van der Waals surface area contributed by atoms with E-state index in [9.17, 15) is 14.4 Å². The molecule has 0 saturated heterocycles. The Morgan fingerprint density at radius 2 is 1.85 bits per heavy atom. The van der Waals surface area contributed by atoms with Crippen LogP contribution in [0, 0.1) is 0 Å². The molecular formula is C18H16N6O3. The average molecular weight is 364 g/mol. The van der Waals surface area contributed by atoms with Crippen LogP contribution in [0.2, 0.25) is 0 Å². The van der Waals surface area contributed by atoms with E-state index in [1.54, 1.807) is 53.5 Å². The van der Waals surface area contributed by atoms with Gasteiger partial charge in [-0.05, 0) is 24.3 Å². The minimum Gasteiger partial charge on any atom is -0.363 e. The molecule has 2 amide bonds. The molecule has 0 saturated carbocycles. The van der Waals surface area contributed by atoms with E-state index < -0.39 is 23.6 Å². The molecular weight excluding hydrogens is 348 g/mol. The maximum Gasteiger partial charge on any atom is 0.287 e. The fourth-order valence-corrected chi connectivity index (χ4v) is 2.51. The molecule has 3 heterocycles. The van der Waals surface area contributed by atoms with Gasteiger partial charge < -0.3 is 11.1 Å². The van der Waals surface area contributed by atoms with Crippen LogP contribution in [-0.2, 0) is 16.0 Å². The average Bonchev–Trinajstić information content (AvgIpc) is 3.18. The number of nitrogens with one attached hydrogen (secondary N) is 1. The van der Waals surface area contributed by atoms with Gasteiger partial charge in [0.15, 0.2) is 0 Å². The molecule has 3 N–H and O–H groups in total. The van der Waals surface area contributed by atoms with Crippen LogP contribution < -0.4 is 11.1 Å². The molecule has 0 fully saturated rings. The number of amides is 2. The lowest BCUT2D eigenvalue weighted by atomic mass is 10.1. The zero-order valence-electron chi connectivity index (χ0n) is 14.1. The number of imidazole rings is 1. The summed E-state index contributed by atoms with van der Waals surface area (Å²) in [5, 5.41) is 2.55. The summed E-state index contributed by atoms with van der Waals surface area (Å²) in [6.07, 6.45) is 7.59. The topological polar surface area (TPSA) is 133 Å². The van der Waals surface area contributed by atoms with Gasteiger partial charge in [0.25, 0.3) is 11.8 Å². The van der Waals surface area contributed by atoms with Crippen molar-refractivity contribution in [3.8, 4) is 5.69 Å². The van der Waals surface area contributed by atoms with E-state index >= 15 is 0 Å². The minimum absolute atomic E-state index is 0.0394. The second-order valence-corrected chi connectivity index (χ2v) is 5.63. The van der Waals surface area contributed by atoms with Crippen molar-refractivity contribution < 1.29 is 14.4 Å². The zero-order chi connectivity index (χ0) is 19.2. The van der Waals surface area contributed by atoms with Crippen molar-refractivity contribution in [2.75, 3.05) is 0 Å². The molecule has 9 heteroatoms. The summed E-state index contributed by atoms with van der Waals surface area (Å²) in [5.41, 5.74) is 6.54. The number of hydrogen-bond acceptors (Lipinski definition) is 6. The molecule has 3 aromatic rings. The van der Waals surface area contributed by atoms with Crippen molar-refractivity contribution in [1.29, 1.82) is 0 Å². The lowest BCUT2D eigenvalue weighted by Crippen LogP contribution is -2.47. The van der Waals surface area contributed by atoms with E-state index in [4.69, 9.17) is 5.73 Å².